The maximum Gasteiger partial charge on any atom is 0.401 e. The maximum atomic E-state index is 12.3. The van der Waals surface area contributed by atoms with E-state index in [0.29, 0.717) is 19.0 Å². The van der Waals surface area contributed by atoms with Crippen molar-refractivity contribution in [2.24, 2.45) is 11.8 Å². The second-order valence-electron chi connectivity index (χ2n) is 4.51. The van der Waals surface area contributed by atoms with E-state index in [2.05, 4.69) is 15.9 Å². The second-order valence-corrected chi connectivity index (χ2v) is 5.16. The van der Waals surface area contributed by atoms with Gasteiger partial charge < -0.3 is 0 Å². The van der Waals surface area contributed by atoms with Crippen LogP contribution in [0.5, 0.6) is 0 Å². The third-order valence-electron chi connectivity index (χ3n) is 2.58. The van der Waals surface area contributed by atoms with Crippen molar-refractivity contribution in [2.45, 2.75) is 33.4 Å². The minimum atomic E-state index is -4.09. The molecule has 1 atom stereocenters. The molecular weight excluding hydrogens is 283 g/mol. The molecule has 0 aromatic heterocycles. The van der Waals surface area contributed by atoms with Crippen molar-refractivity contribution >= 4 is 15.9 Å². The number of nitrogens with zero attached hydrogens (tertiary/aromatic N) is 1. The Hall–Kier alpha value is 0.230. The van der Waals surface area contributed by atoms with Crippen LogP contribution in [0.1, 0.15) is 27.2 Å². The zero-order valence-corrected chi connectivity index (χ0v) is 11.7. The van der Waals surface area contributed by atoms with Gasteiger partial charge in [-0.25, -0.2) is 0 Å². The number of rotatable bonds is 7. The highest BCUT2D eigenvalue weighted by Crippen LogP contribution is 2.20. The van der Waals surface area contributed by atoms with Crippen LogP contribution in [0.4, 0.5) is 13.2 Å². The van der Waals surface area contributed by atoms with Crippen LogP contribution in [0.15, 0.2) is 0 Å². The van der Waals surface area contributed by atoms with Crippen LogP contribution in [-0.2, 0) is 0 Å². The van der Waals surface area contributed by atoms with E-state index in [4.69, 9.17) is 0 Å². The van der Waals surface area contributed by atoms with E-state index >= 15 is 0 Å². The molecule has 98 valence electrons. The first kappa shape index (κ1) is 16.2. The predicted octanol–water partition coefficient (Wildman–Crippen LogP) is 3.93. The Morgan fingerprint density at radius 3 is 2.12 bits per heavy atom. The zero-order chi connectivity index (χ0) is 12.8. The number of alkyl halides is 4. The summed E-state index contributed by atoms with van der Waals surface area (Å²) < 4.78 is 37.0. The summed E-state index contributed by atoms with van der Waals surface area (Å²) in [6.45, 7) is 6.22. The van der Waals surface area contributed by atoms with Gasteiger partial charge in [0.05, 0.1) is 6.54 Å². The standard InChI is InChI=1S/C11H21BrF3N/c1-4-5-16(8-11(13,14)15)7-10(6-12)9(2)3/h9-10H,4-8H2,1-3H3. The molecule has 16 heavy (non-hydrogen) atoms. The molecule has 0 aliphatic carbocycles. The fraction of sp³-hybridized carbons (Fsp3) is 1.00. The van der Waals surface area contributed by atoms with Crippen LogP contribution >= 0.6 is 15.9 Å². The van der Waals surface area contributed by atoms with Crippen LogP contribution < -0.4 is 0 Å². The first-order valence-corrected chi connectivity index (χ1v) is 6.77. The van der Waals surface area contributed by atoms with Crippen molar-refractivity contribution in [3.05, 3.63) is 0 Å². The average Bonchev–Trinajstić information content (AvgIpc) is 2.11. The van der Waals surface area contributed by atoms with Gasteiger partial charge in [-0.1, -0.05) is 36.7 Å². The SMILES string of the molecule is CCCN(CC(CBr)C(C)C)CC(F)(F)F. The van der Waals surface area contributed by atoms with Crippen LogP contribution in [-0.4, -0.2) is 36.0 Å². The zero-order valence-electron chi connectivity index (χ0n) is 10.1. The van der Waals surface area contributed by atoms with Gasteiger partial charge >= 0.3 is 6.18 Å². The number of hydrogen-bond acceptors (Lipinski definition) is 1. The monoisotopic (exact) mass is 303 g/mol. The highest BCUT2D eigenvalue weighted by atomic mass is 79.9. The Morgan fingerprint density at radius 2 is 1.81 bits per heavy atom. The third-order valence-corrected chi connectivity index (χ3v) is 3.41. The molecule has 0 bridgehead atoms. The van der Waals surface area contributed by atoms with Crippen molar-refractivity contribution in [3.8, 4) is 0 Å². The lowest BCUT2D eigenvalue weighted by Crippen LogP contribution is -2.39. The van der Waals surface area contributed by atoms with Crippen molar-refractivity contribution in [2.75, 3.05) is 25.0 Å². The molecule has 1 unspecified atom stereocenters. The van der Waals surface area contributed by atoms with E-state index in [-0.39, 0.29) is 5.92 Å². The molecule has 0 N–H and O–H groups in total. The fourth-order valence-electron chi connectivity index (χ4n) is 1.57. The summed E-state index contributed by atoms with van der Waals surface area (Å²) in [5, 5.41) is 0.753. The van der Waals surface area contributed by atoms with Gasteiger partial charge in [0.2, 0.25) is 0 Å². The van der Waals surface area contributed by atoms with E-state index in [1.807, 2.05) is 20.8 Å². The predicted molar refractivity (Wildman–Crippen MR) is 64.9 cm³/mol. The lowest BCUT2D eigenvalue weighted by molar-refractivity contribution is -0.147. The summed E-state index contributed by atoms with van der Waals surface area (Å²) in [5.74, 6) is 0.667. The molecule has 0 aromatic rings. The average molecular weight is 304 g/mol. The van der Waals surface area contributed by atoms with Gasteiger partial charge in [-0.05, 0) is 24.8 Å². The summed E-state index contributed by atoms with van der Waals surface area (Å²) in [6.07, 6.45) is -3.34. The molecule has 0 saturated carbocycles. The first-order chi connectivity index (χ1) is 7.30. The largest absolute Gasteiger partial charge is 0.401 e. The molecule has 0 aliphatic heterocycles. The van der Waals surface area contributed by atoms with E-state index in [1.54, 1.807) is 0 Å². The van der Waals surface area contributed by atoms with Crippen LogP contribution in [0.3, 0.4) is 0 Å². The molecule has 0 fully saturated rings. The lowest BCUT2D eigenvalue weighted by Gasteiger charge is -2.29. The quantitative estimate of drug-likeness (QED) is 0.644. The molecule has 0 aromatic carbocycles. The van der Waals surface area contributed by atoms with Gasteiger partial charge in [-0.15, -0.1) is 0 Å². The Bertz CT molecular complexity index is 183. The van der Waals surface area contributed by atoms with Crippen molar-refractivity contribution in [1.29, 1.82) is 0 Å². The third kappa shape index (κ3) is 7.49. The molecule has 1 nitrogen and oxygen atoms in total. The molecule has 0 saturated heterocycles. The van der Waals surface area contributed by atoms with Crippen molar-refractivity contribution in [1.82, 2.24) is 4.90 Å². The summed E-state index contributed by atoms with van der Waals surface area (Å²) in [7, 11) is 0. The Kier molecular flexibility index (Phi) is 7.64. The smallest absolute Gasteiger partial charge is 0.295 e. The molecule has 0 aliphatic rings. The minimum absolute atomic E-state index is 0.272. The fourth-order valence-corrected chi connectivity index (χ4v) is 2.53. The Morgan fingerprint density at radius 1 is 1.25 bits per heavy atom. The molecule has 0 heterocycles. The molecule has 0 amide bonds. The summed E-state index contributed by atoms with van der Waals surface area (Å²) >= 11 is 3.37. The van der Waals surface area contributed by atoms with Crippen LogP contribution in [0.25, 0.3) is 0 Å². The summed E-state index contributed by atoms with van der Waals surface area (Å²) in [5.41, 5.74) is 0. The maximum absolute atomic E-state index is 12.3. The van der Waals surface area contributed by atoms with E-state index < -0.39 is 12.7 Å². The highest BCUT2D eigenvalue weighted by Gasteiger charge is 2.31. The number of halogens is 4. The molecule has 0 rings (SSSR count). The van der Waals surface area contributed by atoms with Gasteiger partial charge in [0.15, 0.2) is 0 Å². The normalized spacial score (nSPS) is 14.8. The molecular formula is C11H21BrF3N. The van der Waals surface area contributed by atoms with E-state index in [0.717, 1.165) is 11.8 Å². The topological polar surface area (TPSA) is 3.24 Å². The minimum Gasteiger partial charge on any atom is -0.295 e. The first-order valence-electron chi connectivity index (χ1n) is 5.65. The molecule has 5 heteroatoms. The van der Waals surface area contributed by atoms with Gasteiger partial charge in [0.1, 0.15) is 0 Å². The number of hydrogen-bond donors (Lipinski definition) is 0. The summed E-state index contributed by atoms with van der Waals surface area (Å²) in [4.78, 5) is 1.51. The van der Waals surface area contributed by atoms with Gasteiger partial charge in [0, 0.05) is 11.9 Å². The van der Waals surface area contributed by atoms with Gasteiger partial charge in [-0.3, -0.25) is 4.90 Å². The summed E-state index contributed by atoms with van der Waals surface area (Å²) in [6, 6.07) is 0. The van der Waals surface area contributed by atoms with Crippen LogP contribution in [0, 0.1) is 11.8 Å². The van der Waals surface area contributed by atoms with Crippen molar-refractivity contribution < 1.29 is 13.2 Å². The lowest BCUT2D eigenvalue weighted by atomic mass is 9.97. The van der Waals surface area contributed by atoms with Crippen molar-refractivity contribution in [3.63, 3.8) is 0 Å². The van der Waals surface area contributed by atoms with Gasteiger partial charge in [0.25, 0.3) is 0 Å². The highest BCUT2D eigenvalue weighted by molar-refractivity contribution is 9.09. The van der Waals surface area contributed by atoms with Crippen LogP contribution in [0.2, 0.25) is 0 Å². The molecule has 0 spiro atoms. The Balaban J connectivity index is 4.30. The molecule has 0 radical (unpaired) electrons. The van der Waals surface area contributed by atoms with E-state index in [1.165, 1.54) is 4.90 Å². The van der Waals surface area contributed by atoms with E-state index in [9.17, 15) is 13.2 Å². The Labute approximate surface area is 105 Å². The van der Waals surface area contributed by atoms with Gasteiger partial charge in [-0.2, -0.15) is 13.2 Å². The second kappa shape index (κ2) is 7.54.